The molecule has 0 saturated heterocycles. The summed E-state index contributed by atoms with van der Waals surface area (Å²) in [6.45, 7) is 0. The van der Waals surface area contributed by atoms with Gasteiger partial charge < -0.3 is 0 Å². The van der Waals surface area contributed by atoms with Crippen LogP contribution in [0.25, 0.3) is 0 Å². The molecule has 0 spiro atoms. The lowest BCUT2D eigenvalue weighted by Crippen LogP contribution is -2.14. The molecule has 2 aromatic carbocycles. The summed E-state index contributed by atoms with van der Waals surface area (Å²) in [6, 6.07) is 9.58. The highest BCUT2D eigenvalue weighted by molar-refractivity contribution is 9.11. The van der Waals surface area contributed by atoms with Gasteiger partial charge in [0.05, 0.1) is 11.3 Å². The molecule has 0 aromatic heterocycles. The lowest BCUT2D eigenvalue weighted by atomic mass is 10.2. The molecule has 0 bridgehead atoms. The van der Waals surface area contributed by atoms with E-state index in [0.29, 0.717) is 8.95 Å². The number of anilines is 1. The van der Waals surface area contributed by atoms with Crippen LogP contribution in [-0.4, -0.2) is 8.42 Å². The molecule has 0 aliphatic heterocycles. The van der Waals surface area contributed by atoms with E-state index in [9.17, 15) is 12.8 Å². The van der Waals surface area contributed by atoms with E-state index < -0.39 is 15.8 Å². The molecule has 0 radical (unpaired) electrons. The van der Waals surface area contributed by atoms with Gasteiger partial charge in [-0.2, -0.15) is 5.26 Å². The molecule has 1 N–H and O–H groups in total. The third kappa shape index (κ3) is 3.61. The van der Waals surface area contributed by atoms with Crippen molar-refractivity contribution in [1.82, 2.24) is 0 Å². The number of nitrogens with one attached hydrogen (secondary N) is 1. The molecule has 0 amide bonds. The fraction of sp³-hybridized carbons (Fsp3) is 0. The van der Waals surface area contributed by atoms with Gasteiger partial charge in [-0.15, -0.1) is 0 Å². The molecular weight excluding hydrogens is 427 g/mol. The molecule has 4 nitrogen and oxygen atoms in total. The monoisotopic (exact) mass is 432 g/mol. The minimum Gasteiger partial charge on any atom is -0.278 e. The molecule has 0 unspecified atom stereocenters. The molecular formula is C13H7Br2FN2O2S. The summed E-state index contributed by atoms with van der Waals surface area (Å²) >= 11 is 6.40. The lowest BCUT2D eigenvalue weighted by molar-refractivity contribution is 0.600. The molecule has 8 heteroatoms. The van der Waals surface area contributed by atoms with E-state index in [0.717, 1.165) is 12.1 Å². The van der Waals surface area contributed by atoms with Gasteiger partial charge >= 0.3 is 0 Å². The summed E-state index contributed by atoms with van der Waals surface area (Å²) < 4.78 is 41.1. The Balaban J connectivity index is 2.45. The quantitative estimate of drug-likeness (QED) is 0.794. The molecule has 2 aromatic rings. The Morgan fingerprint density at radius 2 is 1.86 bits per heavy atom. The van der Waals surface area contributed by atoms with Crippen LogP contribution in [0.4, 0.5) is 10.1 Å². The Bertz CT molecular complexity index is 848. The van der Waals surface area contributed by atoms with Crippen LogP contribution >= 0.6 is 31.9 Å². The highest BCUT2D eigenvalue weighted by Gasteiger charge is 2.19. The van der Waals surface area contributed by atoms with Crippen LogP contribution in [-0.2, 0) is 10.0 Å². The van der Waals surface area contributed by atoms with Gasteiger partial charge in [0.1, 0.15) is 16.8 Å². The lowest BCUT2D eigenvalue weighted by Gasteiger charge is -2.11. The highest BCUT2D eigenvalue weighted by atomic mass is 79.9. The minimum atomic E-state index is -3.90. The summed E-state index contributed by atoms with van der Waals surface area (Å²) in [7, 11) is -3.90. The van der Waals surface area contributed by atoms with E-state index in [-0.39, 0.29) is 16.1 Å². The fourth-order valence-corrected chi connectivity index (χ4v) is 4.42. The van der Waals surface area contributed by atoms with Crippen molar-refractivity contribution < 1.29 is 12.8 Å². The molecule has 21 heavy (non-hydrogen) atoms. The molecule has 0 aliphatic carbocycles. The Hall–Kier alpha value is -1.43. The SMILES string of the molecule is N#Cc1cc(F)ccc1NS(=O)(=O)c1ccc(Br)cc1Br. The van der Waals surface area contributed by atoms with Gasteiger partial charge in [0.25, 0.3) is 10.0 Å². The number of halogens is 3. The summed E-state index contributed by atoms with van der Waals surface area (Å²) in [5.41, 5.74) is -0.0690. The number of rotatable bonds is 3. The molecule has 0 fully saturated rings. The topological polar surface area (TPSA) is 70.0 Å². The highest BCUT2D eigenvalue weighted by Crippen LogP contribution is 2.28. The third-order valence-corrected chi connectivity index (χ3v) is 5.37. The minimum absolute atomic E-state index is 0.0129. The predicted octanol–water partition coefficient (Wildman–Crippen LogP) is 4.02. The van der Waals surface area contributed by atoms with Gasteiger partial charge in [-0.3, -0.25) is 4.72 Å². The van der Waals surface area contributed by atoms with Gasteiger partial charge in [0.2, 0.25) is 0 Å². The number of hydrogen-bond donors (Lipinski definition) is 1. The summed E-state index contributed by atoms with van der Waals surface area (Å²) in [5.74, 6) is -0.612. The van der Waals surface area contributed by atoms with E-state index in [1.807, 2.05) is 0 Å². The van der Waals surface area contributed by atoms with Crippen molar-refractivity contribution in [2.45, 2.75) is 4.90 Å². The number of nitriles is 1. The fourth-order valence-electron chi connectivity index (χ4n) is 1.59. The maximum absolute atomic E-state index is 13.1. The van der Waals surface area contributed by atoms with E-state index in [1.165, 1.54) is 12.1 Å². The van der Waals surface area contributed by atoms with Crippen molar-refractivity contribution in [2.75, 3.05) is 4.72 Å². The van der Waals surface area contributed by atoms with Crippen molar-refractivity contribution in [3.8, 4) is 6.07 Å². The Kier molecular flexibility index (Phi) is 4.66. The van der Waals surface area contributed by atoms with Gasteiger partial charge in [-0.25, -0.2) is 12.8 Å². The summed E-state index contributed by atoms with van der Waals surface area (Å²) in [4.78, 5) is 0.0129. The molecule has 0 heterocycles. The van der Waals surface area contributed by atoms with Crippen molar-refractivity contribution in [1.29, 1.82) is 5.26 Å². The van der Waals surface area contributed by atoms with Crippen molar-refractivity contribution >= 4 is 47.6 Å². The van der Waals surface area contributed by atoms with E-state index in [4.69, 9.17) is 5.26 Å². The van der Waals surface area contributed by atoms with Gasteiger partial charge in [0.15, 0.2) is 0 Å². The third-order valence-electron chi connectivity index (χ3n) is 2.53. The normalized spacial score (nSPS) is 11.0. The first-order chi connectivity index (χ1) is 9.83. The smallest absolute Gasteiger partial charge is 0.263 e. The molecule has 2 rings (SSSR count). The van der Waals surface area contributed by atoms with Crippen LogP contribution in [0.1, 0.15) is 5.56 Å². The Morgan fingerprint density at radius 1 is 1.14 bits per heavy atom. The van der Waals surface area contributed by atoms with Crippen LogP contribution < -0.4 is 4.72 Å². The molecule has 0 saturated carbocycles. The van der Waals surface area contributed by atoms with Crippen LogP contribution in [0.5, 0.6) is 0 Å². The van der Waals surface area contributed by atoms with E-state index >= 15 is 0 Å². The van der Waals surface area contributed by atoms with E-state index in [2.05, 4.69) is 36.6 Å². The number of nitrogens with zero attached hydrogens (tertiary/aromatic N) is 1. The zero-order chi connectivity index (χ0) is 15.6. The van der Waals surface area contributed by atoms with E-state index in [1.54, 1.807) is 18.2 Å². The average molecular weight is 434 g/mol. The van der Waals surface area contributed by atoms with Gasteiger partial charge in [-0.05, 0) is 52.3 Å². The number of benzene rings is 2. The van der Waals surface area contributed by atoms with Crippen LogP contribution in [0.2, 0.25) is 0 Å². The zero-order valence-corrected chi connectivity index (χ0v) is 14.3. The van der Waals surface area contributed by atoms with Crippen LogP contribution in [0.15, 0.2) is 50.2 Å². The standard InChI is InChI=1S/C13H7Br2FN2O2S/c14-9-1-4-13(11(15)6-9)21(19,20)18-12-3-2-10(16)5-8(12)7-17/h1-6,18H. The van der Waals surface area contributed by atoms with Gasteiger partial charge in [0, 0.05) is 8.95 Å². The predicted molar refractivity (Wildman–Crippen MR) is 83.8 cm³/mol. The van der Waals surface area contributed by atoms with Crippen LogP contribution in [0.3, 0.4) is 0 Å². The molecule has 0 atom stereocenters. The first-order valence-electron chi connectivity index (χ1n) is 5.51. The summed E-state index contributed by atoms with van der Waals surface area (Å²) in [6.07, 6.45) is 0. The summed E-state index contributed by atoms with van der Waals surface area (Å²) in [5, 5.41) is 8.93. The zero-order valence-electron chi connectivity index (χ0n) is 10.3. The Morgan fingerprint density at radius 3 is 2.48 bits per heavy atom. The van der Waals surface area contributed by atoms with Crippen molar-refractivity contribution in [2.24, 2.45) is 0 Å². The number of hydrogen-bond acceptors (Lipinski definition) is 3. The van der Waals surface area contributed by atoms with Crippen molar-refractivity contribution in [3.05, 3.63) is 56.7 Å². The maximum Gasteiger partial charge on any atom is 0.263 e. The second-order valence-corrected chi connectivity index (χ2v) is 7.40. The number of sulfonamides is 1. The van der Waals surface area contributed by atoms with Crippen LogP contribution in [0, 0.1) is 17.1 Å². The maximum atomic E-state index is 13.1. The Labute approximate surface area is 137 Å². The second-order valence-electron chi connectivity index (χ2n) is 3.98. The molecule has 0 aliphatic rings. The van der Waals surface area contributed by atoms with Crippen molar-refractivity contribution in [3.63, 3.8) is 0 Å². The largest absolute Gasteiger partial charge is 0.278 e. The first kappa shape index (κ1) is 15.9. The second kappa shape index (κ2) is 6.13. The van der Waals surface area contributed by atoms with Gasteiger partial charge in [-0.1, -0.05) is 15.9 Å². The molecule has 108 valence electrons. The average Bonchev–Trinajstić information content (AvgIpc) is 2.40. The first-order valence-corrected chi connectivity index (χ1v) is 8.58.